The summed E-state index contributed by atoms with van der Waals surface area (Å²) in [5.74, 6) is 1.86. The predicted molar refractivity (Wildman–Crippen MR) is 151 cm³/mol. The van der Waals surface area contributed by atoms with Crippen LogP contribution in [0.15, 0.2) is 109 Å². The van der Waals surface area contributed by atoms with Gasteiger partial charge in [0.15, 0.2) is 0 Å². The first kappa shape index (κ1) is 19.4. The van der Waals surface area contributed by atoms with Crippen LogP contribution in [0.5, 0.6) is 11.5 Å². The maximum atomic E-state index is 6.30. The number of benzene rings is 5. The zero-order valence-corrected chi connectivity index (χ0v) is 20.3. The molecule has 0 amide bonds. The lowest BCUT2D eigenvalue weighted by Crippen LogP contribution is -1.97. The van der Waals surface area contributed by atoms with Crippen LogP contribution in [0, 0.1) is 0 Å². The maximum Gasteiger partial charge on any atom is 0.135 e. The van der Waals surface area contributed by atoms with Gasteiger partial charge in [0.1, 0.15) is 11.5 Å². The lowest BCUT2D eigenvalue weighted by atomic mass is 9.92. The molecule has 3 heteroatoms. The third-order valence-electron chi connectivity index (χ3n) is 6.94. The van der Waals surface area contributed by atoms with Gasteiger partial charge in [-0.2, -0.15) is 0 Å². The Morgan fingerprint density at radius 3 is 2.09 bits per heavy atom. The van der Waals surface area contributed by atoms with Crippen LogP contribution in [-0.4, -0.2) is 0 Å². The second kappa shape index (κ2) is 7.29. The minimum absolute atomic E-state index is 0.926. The molecular formula is C32H18OS2. The van der Waals surface area contributed by atoms with E-state index in [2.05, 4.69) is 97.1 Å². The molecule has 0 fully saturated rings. The highest BCUT2D eigenvalue weighted by atomic mass is 32.1. The van der Waals surface area contributed by atoms with E-state index in [9.17, 15) is 0 Å². The Balaban J connectivity index is 1.33. The van der Waals surface area contributed by atoms with E-state index in [-0.39, 0.29) is 0 Å². The van der Waals surface area contributed by atoms with Crippen molar-refractivity contribution in [2.45, 2.75) is 0 Å². The fourth-order valence-corrected chi connectivity index (χ4v) is 7.61. The molecule has 0 aliphatic carbocycles. The number of hydrogen-bond acceptors (Lipinski definition) is 3. The molecule has 164 valence electrons. The van der Waals surface area contributed by atoms with Crippen molar-refractivity contribution in [1.82, 2.24) is 0 Å². The summed E-state index contributed by atoms with van der Waals surface area (Å²) in [6.07, 6.45) is 0. The third kappa shape index (κ3) is 2.80. The molecule has 5 aromatic carbocycles. The highest BCUT2D eigenvalue weighted by Crippen LogP contribution is 2.50. The number of thiophene rings is 2. The highest BCUT2D eigenvalue weighted by molar-refractivity contribution is 7.26. The van der Waals surface area contributed by atoms with Gasteiger partial charge in [-0.3, -0.25) is 0 Å². The van der Waals surface area contributed by atoms with Crippen LogP contribution in [0.3, 0.4) is 0 Å². The van der Waals surface area contributed by atoms with Gasteiger partial charge in [0, 0.05) is 46.4 Å². The summed E-state index contributed by atoms with van der Waals surface area (Å²) in [7, 11) is 0. The minimum atomic E-state index is 0.926. The third-order valence-corrected chi connectivity index (χ3v) is 9.23. The maximum absolute atomic E-state index is 6.30. The summed E-state index contributed by atoms with van der Waals surface area (Å²) in [6, 6.07) is 39.2. The molecule has 7 aromatic rings. The van der Waals surface area contributed by atoms with Crippen LogP contribution >= 0.6 is 22.7 Å². The normalized spacial score (nSPS) is 12.2. The second-order valence-corrected chi connectivity index (χ2v) is 11.0. The molecule has 3 heterocycles. The molecule has 1 aliphatic rings. The van der Waals surface area contributed by atoms with Crippen molar-refractivity contribution in [3.63, 3.8) is 0 Å². The van der Waals surface area contributed by atoms with Gasteiger partial charge >= 0.3 is 0 Å². The van der Waals surface area contributed by atoms with Gasteiger partial charge in [-0.25, -0.2) is 0 Å². The van der Waals surface area contributed by atoms with Crippen LogP contribution in [0.1, 0.15) is 0 Å². The second-order valence-electron chi connectivity index (χ2n) is 8.88. The summed E-state index contributed by atoms with van der Waals surface area (Å²) >= 11 is 3.74. The Kier molecular flexibility index (Phi) is 4.04. The average Bonchev–Trinajstić information content (AvgIpc) is 3.54. The minimum Gasteiger partial charge on any atom is -0.456 e. The van der Waals surface area contributed by atoms with Crippen LogP contribution in [0.4, 0.5) is 0 Å². The van der Waals surface area contributed by atoms with Gasteiger partial charge in [-0.05, 0) is 59.0 Å². The standard InChI is InChI=1S/C32H18OS2/c1-3-12-25-19(7-1)21-9-5-10-22-20(15-16-26(33-25)31(21)22)28-17-18-29(34-28)24-11-6-14-30-32(24)23-8-2-4-13-27(23)35-30/h1-18H. The molecule has 0 saturated heterocycles. The van der Waals surface area contributed by atoms with E-state index >= 15 is 0 Å². The molecule has 0 atom stereocenters. The number of rotatable bonds is 2. The van der Waals surface area contributed by atoms with Crippen molar-refractivity contribution in [3.8, 4) is 43.5 Å². The fourth-order valence-electron chi connectivity index (χ4n) is 5.40. The molecule has 0 bridgehead atoms. The number of fused-ring (bicyclic) bond motifs is 5. The van der Waals surface area contributed by atoms with Crippen LogP contribution in [0.2, 0.25) is 0 Å². The Hall–Kier alpha value is -3.92. The SMILES string of the molecule is c1ccc2c(c1)Oc1ccc(-c3ccc(-c4cccc5sc6ccccc6c45)s3)c3cccc-2c13. The van der Waals surface area contributed by atoms with Gasteiger partial charge in [0.05, 0.1) is 0 Å². The van der Waals surface area contributed by atoms with E-state index in [0.717, 1.165) is 17.1 Å². The summed E-state index contributed by atoms with van der Waals surface area (Å²) in [5, 5.41) is 5.14. The van der Waals surface area contributed by atoms with Gasteiger partial charge in [0.25, 0.3) is 0 Å². The topological polar surface area (TPSA) is 9.23 Å². The molecule has 0 N–H and O–H groups in total. The summed E-state index contributed by atoms with van der Waals surface area (Å²) in [6.45, 7) is 0. The first-order valence-corrected chi connectivity index (χ1v) is 13.3. The van der Waals surface area contributed by atoms with Gasteiger partial charge in [-0.1, -0.05) is 66.7 Å². The molecule has 0 unspecified atom stereocenters. The highest BCUT2D eigenvalue weighted by Gasteiger charge is 2.21. The molecule has 1 aliphatic heterocycles. The summed E-state index contributed by atoms with van der Waals surface area (Å²) in [4.78, 5) is 2.58. The Morgan fingerprint density at radius 2 is 1.11 bits per heavy atom. The van der Waals surface area contributed by atoms with E-state index in [0.29, 0.717) is 0 Å². The first-order chi connectivity index (χ1) is 17.3. The average molecular weight is 483 g/mol. The lowest BCUT2D eigenvalue weighted by molar-refractivity contribution is 0.487. The van der Waals surface area contributed by atoms with Crippen LogP contribution in [-0.2, 0) is 0 Å². The van der Waals surface area contributed by atoms with E-state index in [1.165, 1.54) is 57.4 Å². The van der Waals surface area contributed by atoms with E-state index < -0.39 is 0 Å². The van der Waals surface area contributed by atoms with Crippen molar-refractivity contribution in [2.75, 3.05) is 0 Å². The fraction of sp³-hybridized carbons (Fsp3) is 0. The van der Waals surface area contributed by atoms with E-state index in [1.54, 1.807) is 0 Å². The van der Waals surface area contributed by atoms with Crippen molar-refractivity contribution < 1.29 is 4.74 Å². The molecule has 0 radical (unpaired) electrons. The zero-order chi connectivity index (χ0) is 22.9. The quantitative estimate of drug-likeness (QED) is 0.238. The number of ether oxygens (including phenoxy) is 1. The van der Waals surface area contributed by atoms with E-state index in [1.807, 2.05) is 34.8 Å². The summed E-state index contributed by atoms with van der Waals surface area (Å²) in [5.41, 5.74) is 4.97. The zero-order valence-electron chi connectivity index (χ0n) is 18.6. The summed E-state index contributed by atoms with van der Waals surface area (Å²) < 4.78 is 8.99. The smallest absolute Gasteiger partial charge is 0.135 e. The molecular weight excluding hydrogens is 464 g/mol. The van der Waals surface area contributed by atoms with Crippen LogP contribution in [0.25, 0.3) is 63.0 Å². The van der Waals surface area contributed by atoms with Crippen molar-refractivity contribution in [1.29, 1.82) is 0 Å². The van der Waals surface area contributed by atoms with Crippen molar-refractivity contribution in [3.05, 3.63) is 109 Å². The molecule has 8 rings (SSSR count). The Bertz CT molecular complexity index is 1940. The Morgan fingerprint density at radius 1 is 0.400 bits per heavy atom. The Labute approximate surface area is 210 Å². The van der Waals surface area contributed by atoms with Gasteiger partial charge in [0.2, 0.25) is 0 Å². The molecule has 35 heavy (non-hydrogen) atoms. The molecule has 1 nitrogen and oxygen atoms in total. The number of hydrogen-bond donors (Lipinski definition) is 0. The number of para-hydroxylation sites is 1. The van der Waals surface area contributed by atoms with E-state index in [4.69, 9.17) is 4.74 Å². The largest absolute Gasteiger partial charge is 0.456 e. The van der Waals surface area contributed by atoms with Crippen LogP contribution < -0.4 is 4.74 Å². The predicted octanol–water partition coefficient (Wildman–Crippen LogP) is 10.4. The van der Waals surface area contributed by atoms with Gasteiger partial charge < -0.3 is 4.74 Å². The van der Waals surface area contributed by atoms with Crippen molar-refractivity contribution >= 4 is 53.6 Å². The molecule has 0 spiro atoms. The molecule has 2 aromatic heterocycles. The monoisotopic (exact) mass is 482 g/mol. The van der Waals surface area contributed by atoms with Crippen molar-refractivity contribution in [2.24, 2.45) is 0 Å². The first-order valence-electron chi connectivity index (χ1n) is 11.7. The molecule has 0 saturated carbocycles. The van der Waals surface area contributed by atoms with Gasteiger partial charge in [-0.15, -0.1) is 22.7 Å². The lowest BCUT2D eigenvalue weighted by Gasteiger charge is -2.22.